The number of amides is 2. The largest absolute Gasteiger partial charge is 0.405 e. The van der Waals surface area contributed by atoms with Crippen molar-refractivity contribution in [3.05, 3.63) is 0 Å². The van der Waals surface area contributed by atoms with Crippen LogP contribution in [0.3, 0.4) is 0 Å². The number of rotatable bonds is 5. The third-order valence-corrected chi connectivity index (χ3v) is 1.90. The second-order valence-electron chi connectivity index (χ2n) is 4.81. The van der Waals surface area contributed by atoms with Crippen molar-refractivity contribution in [2.45, 2.75) is 32.0 Å². The molecule has 0 saturated carbocycles. The molecule has 0 aromatic carbocycles. The Hall–Kier alpha value is -1.31. The smallest absolute Gasteiger partial charge is 0.345 e. The maximum atomic E-state index is 11.8. The maximum absolute atomic E-state index is 11.8. The summed E-state index contributed by atoms with van der Waals surface area (Å²) in [4.78, 5) is 23.7. The summed E-state index contributed by atoms with van der Waals surface area (Å²) in [5, 5.41) is 1.68. The Balaban J connectivity index is 4.12. The van der Waals surface area contributed by atoms with Crippen molar-refractivity contribution in [3.63, 3.8) is 0 Å². The second kappa shape index (κ2) is 6.03. The van der Waals surface area contributed by atoms with Crippen LogP contribution in [-0.2, 0) is 9.59 Å². The standard InChI is InChI=1S/C10H18F3N3O2/c1-9(2,14)4-8(18)16(3)5-7(17)15-6-10(11,12)13/h4-6,14H2,1-3H3,(H,15,17). The van der Waals surface area contributed by atoms with Gasteiger partial charge in [0.1, 0.15) is 6.54 Å². The van der Waals surface area contributed by atoms with Crippen LogP contribution < -0.4 is 11.1 Å². The first kappa shape index (κ1) is 16.7. The lowest BCUT2D eigenvalue weighted by Crippen LogP contribution is -2.44. The monoisotopic (exact) mass is 269 g/mol. The molecular weight excluding hydrogens is 251 g/mol. The Labute approximate surface area is 103 Å². The number of hydrogen-bond donors (Lipinski definition) is 2. The summed E-state index contributed by atoms with van der Waals surface area (Å²) in [7, 11) is 1.33. The predicted molar refractivity (Wildman–Crippen MR) is 59.6 cm³/mol. The van der Waals surface area contributed by atoms with Crippen LogP contribution in [0.4, 0.5) is 13.2 Å². The molecule has 0 aliphatic heterocycles. The average molecular weight is 269 g/mol. The molecule has 0 aromatic heterocycles. The molecule has 0 spiro atoms. The van der Waals surface area contributed by atoms with E-state index < -0.39 is 36.6 Å². The summed E-state index contributed by atoms with van der Waals surface area (Å²) >= 11 is 0. The first-order valence-corrected chi connectivity index (χ1v) is 5.27. The van der Waals surface area contributed by atoms with Gasteiger partial charge in [0.05, 0.1) is 6.54 Å². The van der Waals surface area contributed by atoms with E-state index in [0.29, 0.717) is 0 Å². The van der Waals surface area contributed by atoms with Gasteiger partial charge in [-0.15, -0.1) is 0 Å². The van der Waals surface area contributed by atoms with Crippen LogP contribution in [0.5, 0.6) is 0 Å². The number of likely N-dealkylation sites (N-methyl/N-ethyl adjacent to an activating group) is 1. The molecule has 0 saturated heterocycles. The molecular formula is C10H18F3N3O2. The number of nitrogens with zero attached hydrogens (tertiary/aromatic N) is 1. The van der Waals surface area contributed by atoms with Crippen LogP contribution in [0.15, 0.2) is 0 Å². The Morgan fingerprint density at radius 2 is 1.78 bits per heavy atom. The Morgan fingerprint density at radius 3 is 2.17 bits per heavy atom. The van der Waals surface area contributed by atoms with E-state index in [1.54, 1.807) is 19.2 Å². The average Bonchev–Trinajstić information content (AvgIpc) is 2.10. The van der Waals surface area contributed by atoms with E-state index >= 15 is 0 Å². The summed E-state index contributed by atoms with van der Waals surface area (Å²) in [5.74, 6) is -1.26. The highest BCUT2D eigenvalue weighted by Crippen LogP contribution is 2.12. The fraction of sp³-hybridized carbons (Fsp3) is 0.800. The molecule has 0 heterocycles. The molecule has 0 bridgehead atoms. The van der Waals surface area contributed by atoms with Gasteiger partial charge in [0.25, 0.3) is 0 Å². The van der Waals surface area contributed by atoms with Crippen molar-refractivity contribution >= 4 is 11.8 Å². The summed E-state index contributed by atoms with van der Waals surface area (Å²) in [6.07, 6.45) is -4.45. The molecule has 0 unspecified atom stereocenters. The first-order chi connectivity index (χ1) is 7.91. The highest BCUT2D eigenvalue weighted by atomic mass is 19.4. The predicted octanol–water partition coefficient (Wildman–Crippen LogP) is 0.251. The molecule has 0 rings (SSSR count). The number of carbonyl (C=O) groups excluding carboxylic acids is 2. The minimum atomic E-state index is -4.46. The Morgan fingerprint density at radius 1 is 1.28 bits per heavy atom. The zero-order valence-corrected chi connectivity index (χ0v) is 10.6. The Bertz CT molecular complexity index is 310. The van der Waals surface area contributed by atoms with Gasteiger partial charge < -0.3 is 16.0 Å². The second-order valence-corrected chi connectivity index (χ2v) is 4.81. The lowest BCUT2D eigenvalue weighted by Gasteiger charge is -2.23. The minimum Gasteiger partial charge on any atom is -0.345 e. The fourth-order valence-corrected chi connectivity index (χ4v) is 1.08. The van der Waals surface area contributed by atoms with Crippen molar-refractivity contribution in [3.8, 4) is 0 Å². The van der Waals surface area contributed by atoms with Crippen molar-refractivity contribution in [1.29, 1.82) is 0 Å². The molecule has 106 valence electrons. The van der Waals surface area contributed by atoms with E-state index in [-0.39, 0.29) is 6.42 Å². The number of carbonyl (C=O) groups is 2. The van der Waals surface area contributed by atoms with Crippen LogP contribution in [0, 0.1) is 0 Å². The van der Waals surface area contributed by atoms with E-state index in [4.69, 9.17) is 5.73 Å². The van der Waals surface area contributed by atoms with Gasteiger partial charge in [0, 0.05) is 19.0 Å². The van der Waals surface area contributed by atoms with Gasteiger partial charge in [-0.1, -0.05) is 0 Å². The van der Waals surface area contributed by atoms with Gasteiger partial charge >= 0.3 is 6.18 Å². The van der Waals surface area contributed by atoms with Gasteiger partial charge in [-0.05, 0) is 13.8 Å². The zero-order valence-electron chi connectivity index (χ0n) is 10.6. The lowest BCUT2D eigenvalue weighted by molar-refractivity contribution is -0.141. The van der Waals surface area contributed by atoms with E-state index in [1.165, 1.54) is 7.05 Å². The molecule has 0 fully saturated rings. The Kier molecular flexibility index (Phi) is 5.59. The van der Waals surface area contributed by atoms with Gasteiger partial charge in [-0.2, -0.15) is 13.2 Å². The van der Waals surface area contributed by atoms with Gasteiger partial charge in [0.2, 0.25) is 11.8 Å². The van der Waals surface area contributed by atoms with Crippen LogP contribution in [0.25, 0.3) is 0 Å². The summed E-state index contributed by atoms with van der Waals surface area (Å²) in [6, 6.07) is 0. The summed E-state index contributed by atoms with van der Waals surface area (Å²) < 4.78 is 35.5. The highest BCUT2D eigenvalue weighted by Gasteiger charge is 2.28. The van der Waals surface area contributed by atoms with E-state index in [2.05, 4.69) is 0 Å². The van der Waals surface area contributed by atoms with Gasteiger partial charge in [0.15, 0.2) is 0 Å². The van der Waals surface area contributed by atoms with E-state index in [9.17, 15) is 22.8 Å². The molecule has 0 aromatic rings. The highest BCUT2D eigenvalue weighted by molar-refractivity contribution is 5.85. The number of alkyl halides is 3. The molecule has 0 radical (unpaired) electrons. The van der Waals surface area contributed by atoms with Gasteiger partial charge in [-0.25, -0.2) is 0 Å². The van der Waals surface area contributed by atoms with Crippen LogP contribution in [0.1, 0.15) is 20.3 Å². The van der Waals surface area contributed by atoms with Crippen molar-refractivity contribution in [2.75, 3.05) is 20.1 Å². The topological polar surface area (TPSA) is 75.4 Å². The molecule has 0 atom stereocenters. The summed E-state index contributed by atoms with van der Waals surface area (Å²) in [5.41, 5.74) is 4.90. The van der Waals surface area contributed by atoms with Crippen molar-refractivity contribution < 1.29 is 22.8 Å². The molecule has 0 aliphatic carbocycles. The molecule has 5 nitrogen and oxygen atoms in total. The SMILES string of the molecule is CN(CC(=O)NCC(F)(F)F)C(=O)CC(C)(C)N. The minimum absolute atomic E-state index is 0.00997. The normalized spacial score (nSPS) is 12.2. The molecule has 2 amide bonds. The first-order valence-electron chi connectivity index (χ1n) is 5.27. The van der Waals surface area contributed by atoms with Crippen LogP contribution >= 0.6 is 0 Å². The fourth-order valence-electron chi connectivity index (χ4n) is 1.08. The number of hydrogen-bond acceptors (Lipinski definition) is 3. The molecule has 18 heavy (non-hydrogen) atoms. The van der Waals surface area contributed by atoms with Crippen LogP contribution in [0.2, 0.25) is 0 Å². The molecule has 8 heteroatoms. The third-order valence-electron chi connectivity index (χ3n) is 1.90. The lowest BCUT2D eigenvalue weighted by atomic mass is 10.0. The zero-order chi connectivity index (χ0) is 14.6. The van der Waals surface area contributed by atoms with Crippen molar-refractivity contribution in [2.24, 2.45) is 5.73 Å². The van der Waals surface area contributed by atoms with Crippen LogP contribution in [-0.4, -0.2) is 48.6 Å². The third kappa shape index (κ3) is 8.80. The number of halogens is 3. The molecule has 3 N–H and O–H groups in total. The quantitative estimate of drug-likeness (QED) is 0.751. The van der Waals surface area contributed by atoms with E-state index in [0.717, 1.165) is 4.90 Å². The number of nitrogens with one attached hydrogen (secondary N) is 1. The molecule has 0 aliphatic rings. The summed E-state index contributed by atoms with van der Waals surface area (Å²) in [6.45, 7) is 1.45. The number of nitrogens with two attached hydrogens (primary N) is 1. The van der Waals surface area contributed by atoms with E-state index in [1.807, 2.05) is 0 Å². The van der Waals surface area contributed by atoms with Crippen molar-refractivity contribution in [1.82, 2.24) is 10.2 Å². The van der Waals surface area contributed by atoms with Gasteiger partial charge in [-0.3, -0.25) is 9.59 Å². The maximum Gasteiger partial charge on any atom is 0.405 e.